The number of amides is 1. The van der Waals surface area contributed by atoms with E-state index in [1.54, 1.807) is 25.4 Å². The van der Waals surface area contributed by atoms with E-state index >= 15 is 0 Å². The number of aromatic amines is 1. The number of nitrogens with two attached hydrogens (primary N) is 1. The number of likely N-dealkylation sites (tertiary alicyclic amines) is 1. The number of ether oxygens (including phenoxy) is 2. The van der Waals surface area contributed by atoms with Crippen LogP contribution in [-0.2, 0) is 22.6 Å². The van der Waals surface area contributed by atoms with Gasteiger partial charge in [-0.05, 0) is 44.2 Å². The molecular formula is C33H41ClFN7O4. The standard InChI is InChI=1S/C28H31ClFN5O3.C5H10N2O/c1-3-20(36)8-6-4-5-7-9-27-31-15-19(34-27)16-38-26-13-21-24(14-25(26)37-2)32-17-33-28(21)35-18-10-11-23(30)22(29)12-18;1-7-2-4(3-7)5(6)8/h10-15,17H,3-9,16H2,1-2H3,(H,31,34)(H,32,33,35);4H,2-3H2,1H3,(H2,6,8). The minimum Gasteiger partial charge on any atom is -0.493 e. The fraction of sp³-hybridized carbons (Fsp3) is 0.424. The van der Waals surface area contributed by atoms with Crippen molar-refractivity contribution in [2.75, 3.05) is 32.6 Å². The van der Waals surface area contributed by atoms with Crippen molar-refractivity contribution in [1.82, 2.24) is 24.8 Å². The lowest BCUT2D eigenvalue weighted by molar-refractivity contribution is -0.126. The van der Waals surface area contributed by atoms with Gasteiger partial charge >= 0.3 is 0 Å². The molecule has 0 bridgehead atoms. The second-order valence-electron chi connectivity index (χ2n) is 11.3. The van der Waals surface area contributed by atoms with Crippen LogP contribution in [0.25, 0.3) is 10.9 Å². The average molecular weight is 654 g/mol. The number of rotatable bonds is 15. The van der Waals surface area contributed by atoms with Crippen molar-refractivity contribution >= 4 is 45.7 Å². The molecule has 1 fully saturated rings. The molecular weight excluding hydrogens is 613 g/mol. The van der Waals surface area contributed by atoms with Gasteiger partial charge in [0.05, 0.1) is 35.5 Å². The van der Waals surface area contributed by atoms with E-state index < -0.39 is 5.82 Å². The summed E-state index contributed by atoms with van der Waals surface area (Å²) in [5.74, 6) is 2.29. The largest absolute Gasteiger partial charge is 0.493 e. The van der Waals surface area contributed by atoms with Gasteiger partial charge in [0, 0.05) is 49.5 Å². The highest BCUT2D eigenvalue weighted by atomic mass is 35.5. The van der Waals surface area contributed by atoms with Crippen molar-refractivity contribution in [2.24, 2.45) is 11.7 Å². The molecule has 4 N–H and O–H groups in total. The van der Waals surface area contributed by atoms with Gasteiger partial charge < -0.3 is 30.4 Å². The zero-order valence-corrected chi connectivity index (χ0v) is 27.2. The number of Topliss-reactive ketones (excluding diaryl/α,β-unsaturated/α-hetero) is 1. The number of aryl methyl sites for hydroxylation is 1. The molecule has 4 aromatic rings. The highest BCUT2D eigenvalue weighted by Gasteiger charge is 2.27. The number of hydrogen-bond acceptors (Lipinski definition) is 9. The highest BCUT2D eigenvalue weighted by Crippen LogP contribution is 2.35. The molecule has 0 unspecified atom stereocenters. The number of anilines is 2. The molecule has 13 heteroatoms. The molecule has 11 nitrogen and oxygen atoms in total. The molecule has 2 aromatic carbocycles. The van der Waals surface area contributed by atoms with E-state index in [1.165, 1.54) is 18.5 Å². The molecule has 5 rings (SSSR count). The number of H-pyrrole nitrogens is 1. The number of hydrogen-bond donors (Lipinski definition) is 3. The minimum atomic E-state index is -0.493. The fourth-order valence-electron chi connectivity index (χ4n) is 4.93. The number of halogens is 2. The summed E-state index contributed by atoms with van der Waals surface area (Å²) in [7, 11) is 3.54. The van der Waals surface area contributed by atoms with Gasteiger partial charge in [-0.1, -0.05) is 31.4 Å². The fourth-order valence-corrected chi connectivity index (χ4v) is 5.11. The van der Waals surface area contributed by atoms with Gasteiger partial charge in [-0.15, -0.1) is 0 Å². The van der Waals surface area contributed by atoms with Crippen LogP contribution >= 0.6 is 11.6 Å². The molecule has 0 atom stereocenters. The molecule has 3 heterocycles. The molecule has 2 aromatic heterocycles. The number of unbranched alkanes of at least 4 members (excludes halogenated alkanes) is 3. The van der Waals surface area contributed by atoms with E-state index in [9.17, 15) is 14.0 Å². The molecule has 1 amide bonds. The Bertz CT molecular complexity index is 1630. The summed E-state index contributed by atoms with van der Waals surface area (Å²) in [4.78, 5) is 40.2. The topological polar surface area (TPSA) is 148 Å². The normalized spacial score (nSPS) is 13.1. The first-order valence-corrected chi connectivity index (χ1v) is 15.7. The molecule has 1 aliphatic rings. The van der Waals surface area contributed by atoms with Crippen molar-refractivity contribution in [3.8, 4) is 11.5 Å². The number of carbonyl (C=O) groups excluding carboxylic acids is 2. The van der Waals surface area contributed by atoms with Gasteiger partial charge in [0.25, 0.3) is 0 Å². The van der Waals surface area contributed by atoms with E-state index in [1.807, 2.05) is 20.0 Å². The van der Waals surface area contributed by atoms with Crippen LogP contribution < -0.4 is 20.5 Å². The van der Waals surface area contributed by atoms with Crippen LogP contribution in [0.2, 0.25) is 5.02 Å². The number of aromatic nitrogens is 4. The van der Waals surface area contributed by atoms with Crippen LogP contribution in [0.1, 0.15) is 57.0 Å². The summed E-state index contributed by atoms with van der Waals surface area (Å²) < 4.78 is 25.2. The lowest BCUT2D eigenvalue weighted by Crippen LogP contribution is -2.50. The summed E-state index contributed by atoms with van der Waals surface area (Å²) in [5, 5.41) is 3.88. The monoisotopic (exact) mass is 653 g/mol. The first-order valence-electron chi connectivity index (χ1n) is 15.4. The van der Waals surface area contributed by atoms with Crippen LogP contribution in [0.15, 0.2) is 42.9 Å². The maximum atomic E-state index is 13.6. The van der Waals surface area contributed by atoms with E-state index in [0.29, 0.717) is 52.5 Å². The zero-order chi connectivity index (χ0) is 33.1. The number of benzene rings is 2. The van der Waals surface area contributed by atoms with Crippen LogP contribution in [0.4, 0.5) is 15.9 Å². The molecule has 0 saturated carbocycles. The Morgan fingerprint density at radius 3 is 2.57 bits per heavy atom. The van der Waals surface area contributed by atoms with Gasteiger partial charge in [-0.3, -0.25) is 9.59 Å². The second kappa shape index (κ2) is 16.9. The third kappa shape index (κ3) is 9.85. The molecule has 0 spiro atoms. The Labute approximate surface area is 273 Å². The number of ketones is 1. The Kier molecular flexibility index (Phi) is 12.7. The molecule has 246 valence electrons. The van der Waals surface area contributed by atoms with Gasteiger partial charge in [0.15, 0.2) is 11.5 Å². The highest BCUT2D eigenvalue weighted by molar-refractivity contribution is 6.31. The van der Waals surface area contributed by atoms with E-state index in [2.05, 4.69) is 30.2 Å². The van der Waals surface area contributed by atoms with Gasteiger partial charge in [-0.2, -0.15) is 0 Å². The lowest BCUT2D eigenvalue weighted by Gasteiger charge is -2.33. The third-order valence-corrected chi connectivity index (χ3v) is 7.94. The quantitative estimate of drug-likeness (QED) is 0.132. The summed E-state index contributed by atoms with van der Waals surface area (Å²) >= 11 is 5.92. The third-order valence-electron chi connectivity index (χ3n) is 7.65. The summed E-state index contributed by atoms with van der Waals surface area (Å²) in [6.07, 6.45) is 9.46. The number of fused-ring (bicyclic) bond motifs is 1. The predicted molar refractivity (Wildman–Crippen MR) is 176 cm³/mol. The molecule has 46 heavy (non-hydrogen) atoms. The first-order chi connectivity index (χ1) is 22.2. The maximum absolute atomic E-state index is 13.6. The second-order valence-corrected chi connectivity index (χ2v) is 11.7. The van der Waals surface area contributed by atoms with E-state index in [-0.39, 0.29) is 23.5 Å². The average Bonchev–Trinajstić information content (AvgIpc) is 3.49. The van der Waals surface area contributed by atoms with Gasteiger partial charge in [-0.25, -0.2) is 19.3 Å². The molecule has 1 aliphatic heterocycles. The number of nitrogens with zero attached hydrogens (tertiary/aromatic N) is 4. The predicted octanol–water partition coefficient (Wildman–Crippen LogP) is 5.98. The van der Waals surface area contributed by atoms with Crippen molar-refractivity contribution < 1.29 is 23.5 Å². The smallest absolute Gasteiger partial charge is 0.223 e. The summed E-state index contributed by atoms with van der Waals surface area (Å²) in [6, 6.07) is 7.96. The summed E-state index contributed by atoms with van der Waals surface area (Å²) in [5.41, 5.74) is 7.09. The van der Waals surface area contributed by atoms with Crippen LogP contribution in [0.5, 0.6) is 11.5 Å². The Morgan fingerprint density at radius 2 is 1.89 bits per heavy atom. The van der Waals surface area contributed by atoms with Gasteiger partial charge in [0.1, 0.15) is 36.2 Å². The Balaban J connectivity index is 0.000000523. The van der Waals surface area contributed by atoms with Gasteiger partial charge in [0.2, 0.25) is 5.91 Å². The number of nitrogens with one attached hydrogen (secondary N) is 2. The van der Waals surface area contributed by atoms with E-state index in [0.717, 1.165) is 56.7 Å². The lowest BCUT2D eigenvalue weighted by atomic mass is 10.0. The van der Waals surface area contributed by atoms with Crippen molar-refractivity contribution in [1.29, 1.82) is 0 Å². The SMILES string of the molecule is CCC(=O)CCCCCCc1ncc(COc2cc3c(Nc4ccc(F)c(Cl)c4)ncnc3cc2OC)[nH]1.CN1CC(C(N)=O)C1. The Hall–Kier alpha value is -4.29. The zero-order valence-electron chi connectivity index (χ0n) is 26.4. The summed E-state index contributed by atoms with van der Waals surface area (Å²) in [6.45, 7) is 3.87. The van der Waals surface area contributed by atoms with Crippen LogP contribution in [0, 0.1) is 11.7 Å². The molecule has 0 aliphatic carbocycles. The first kappa shape index (κ1) is 34.6. The number of primary amides is 1. The van der Waals surface area contributed by atoms with Crippen LogP contribution in [0.3, 0.4) is 0 Å². The molecule has 1 saturated heterocycles. The van der Waals surface area contributed by atoms with Crippen molar-refractivity contribution in [3.63, 3.8) is 0 Å². The minimum absolute atomic E-state index is 0.0152. The Morgan fingerprint density at radius 1 is 1.11 bits per heavy atom. The number of carbonyl (C=O) groups is 2. The molecule has 0 radical (unpaired) electrons. The van der Waals surface area contributed by atoms with Crippen molar-refractivity contribution in [3.05, 3.63) is 65.2 Å². The number of imidazole rings is 1. The van der Waals surface area contributed by atoms with Crippen LogP contribution in [-0.4, -0.2) is 63.8 Å². The van der Waals surface area contributed by atoms with E-state index in [4.69, 9.17) is 26.8 Å². The maximum Gasteiger partial charge on any atom is 0.223 e. The number of methoxy groups -OCH3 is 1. The van der Waals surface area contributed by atoms with Crippen molar-refractivity contribution in [2.45, 2.75) is 58.5 Å².